The SMILES string of the molecule is ON=C[c-]1[cH-][cH-][cH-][cH-]1.ON=C[c-]1cccc1.[Fe]. The van der Waals surface area contributed by atoms with Crippen LogP contribution in [0.5, 0.6) is 0 Å². The summed E-state index contributed by atoms with van der Waals surface area (Å²) in [5.41, 5.74) is 1.85. The van der Waals surface area contributed by atoms with Crippen molar-refractivity contribution >= 4 is 12.4 Å². The number of oxime groups is 2. The summed E-state index contributed by atoms with van der Waals surface area (Å²) in [5, 5.41) is 21.7. The fourth-order valence-electron chi connectivity index (χ4n) is 1.08. The number of hydrogen-bond acceptors (Lipinski definition) is 4. The normalized spacial score (nSPS) is 9.88. The van der Waals surface area contributed by atoms with Crippen LogP contribution in [-0.2, 0) is 17.1 Å². The molecule has 4 nitrogen and oxygen atoms in total. The van der Waals surface area contributed by atoms with E-state index in [4.69, 9.17) is 10.4 Å². The van der Waals surface area contributed by atoms with Gasteiger partial charge in [-0.3, -0.25) is 5.16 Å². The second kappa shape index (κ2) is 9.39. The van der Waals surface area contributed by atoms with Gasteiger partial charge < -0.3 is 46.5 Å². The monoisotopic (exact) mass is 272 g/mol. The molecule has 2 aromatic rings. The van der Waals surface area contributed by atoms with Crippen molar-refractivity contribution in [1.29, 1.82) is 0 Å². The number of hydrogen-bond donors (Lipinski definition) is 2. The molecule has 0 aliphatic carbocycles. The molecule has 0 atom stereocenters. The van der Waals surface area contributed by atoms with Crippen LogP contribution in [0, 0.1) is 0 Å². The second-order valence-electron chi connectivity index (χ2n) is 2.93. The standard InChI is InChI=1S/2C6H6NO.Fe/c2*8-7-5-6-3-1-2-4-6;/h2*1-5,8H;/q-5;-1;. The Morgan fingerprint density at radius 2 is 1.47 bits per heavy atom. The van der Waals surface area contributed by atoms with Crippen molar-refractivity contribution in [2.75, 3.05) is 0 Å². The van der Waals surface area contributed by atoms with Crippen LogP contribution in [0.15, 0.2) is 58.8 Å². The van der Waals surface area contributed by atoms with Crippen LogP contribution in [0.4, 0.5) is 0 Å². The second-order valence-corrected chi connectivity index (χ2v) is 2.93. The van der Waals surface area contributed by atoms with E-state index in [2.05, 4.69) is 10.3 Å². The van der Waals surface area contributed by atoms with Gasteiger partial charge in [0.25, 0.3) is 0 Å². The smallest absolute Gasteiger partial charge is 0.0181 e. The van der Waals surface area contributed by atoms with E-state index in [0.717, 1.165) is 11.1 Å². The molecule has 5 heteroatoms. The zero-order valence-electron chi connectivity index (χ0n) is 8.92. The maximum absolute atomic E-state index is 8.01. The van der Waals surface area contributed by atoms with Crippen LogP contribution in [0.25, 0.3) is 0 Å². The van der Waals surface area contributed by atoms with Crippen LogP contribution in [0.2, 0.25) is 0 Å². The summed E-state index contributed by atoms with van der Waals surface area (Å²) in [7, 11) is 0. The van der Waals surface area contributed by atoms with Crippen molar-refractivity contribution in [1.82, 2.24) is 0 Å². The largest absolute Gasteiger partial charge is 0.738 e. The predicted octanol–water partition coefficient (Wildman–Crippen LogP) is 2.42. The quantitative estimate of drug-likeness (QED) is 0.290. The first kappa shape index (κ1) is 15.2. The van der Waals surface area contributed by atoms with Gasteiger partial charge in [0.1, 0.15) is 0 Å². The Hall–Kier alpha value is -1.84. The molecule has 0 fully saturated rings. The third-order valence-corrected chi connectivity index (χ3v) is 1.79. The molecule has 0 radical (unpaired) electrons. The van der Waals surface area contributed by atoms with Gasteiger partial charge in [0.05, 0.1) is 0 Å². The fraction of sp³-hybridized carbons (Fsp3) is 0. The summed E-state index contributed by atoms with van der Waals surface area (Å²) in [6, 6.07) is 15.0. The van der Waals surface area contributed by atoms with E-state index in [1.165, 1.54) is 12.4 Å². The molecule has 0 saturated heterocycles. The van der Waals surface area contributed by atoms with Crippen molar-refractivity contribution in [3.8, 4) is 0 Å². The average molecular weight is 272 g/mol. The Balaban J connectivity index is 0.000000284. The van der Waals surface area contributed by atoms with Gasteiger partial charge in [-0.25, -0.2) is 12.1 Å². The summed E-state index contributed by atoms with van der Waals surface area (Å²) < 4.78 is 0. The van der Waals surface area contributed by atoms with Crippen LogP contribution in [0.3, 0.4) is 0 Å². The van der Waals surface area contributed by atoms with Crippen LogP contribution in [0.1, 0.15) is 11.1 Å². The van der Waals surface area contributed by atoms with Gasteiger partial charge in [0.15, 0.2) is 0 Å². The number of rotatable bonds is 2. The molecule has 0 aliphatic heterocycles. The summed E-state index contributed by atoms with van der Waals surface area (Å²) in [5.74, 6) is 0. The van der Waals surface area contributed by atoms with E-state index in [-0.39, 0.29) is 17.1 Å². The molecule has 0 amide bonds. The summed E-state index contributed by atoms with van der Waals surface area (Å²) in [4.78, 5) is 0. The van der Waals surface area contributed by atoms with Gasteiger partial charge in [-0.1, -0.05) is 0 Å². The van der Waals surface area contributed by atoms with Gasteiger partial charge in [0.2, 0.25) is 0 Å². The maximum Gasteiger partial charge on any atom is 0.0181 e. The molecule has 0 bridgehead atoms. The first-order valence-electron chi connectivity index (χ1n) is 4.65. The minimum absolute atomic E-state index is 0. The molecule has 0 aliphatic rings. The molecule has 2 rings (SSSR count). The Morgan fingerprint density at radius 1 is 0.941 bits per heavy atom. The van der Waals surface area contributed by atoms with E-state index in [1.54, 1.807) is 0 Å². The zero-order valence-corrected chi connectivity index (χ0v) is 10.0. The maximum atomic E-state index is 8.01. The van der Waals surface area contributed by atoms with Crippen molar-refractivity contribution in [3.63, 3.8) is 0 Å². The third kappa shape index (κ3) is 6.35. The van der Waals surface area contributed by atoms with E-state index >= 15 is 0 Å². The van der Waals surface area contributed by atoms with E-state index < -0.39 is 0 Å². The molecule has 0 heterocycles. The molecule has 0 unspecified atom stereocenters. The van der Waals surface area contributed by atoms with E-state index in [9.17, 15) is 0 Å². The third-order valence-electron chi connectivity index (χ3n) is 1.79. The molecular weight excluding hydrogens is 260 g/mol. The van der Waals surface area contributed by atoms with Gasteiger partial charge in [-0.15, -0.1) is 10.7 Å². The molecule has 0 aromatic heterocycles. The van der Waals surface area contributed by atoms with Crippen LogP contribution < -0.4 is 0 Å². The van der Waals surface area contributed by atoms with Crippen LogP contribution >= 0.6 is 0 Å². The van der Waals surface area contributed by atoms with Gasteiger partial charge >= 0.3 is 0 Å². The number of nitrogens with zero attached hydrogens (tertiary/aromatic N) is 2. The van der Waals surface area contributed by atoms with Crippen molar-refractivity contribution in [2.24, 2.45) is 10.3 Å². The molecular formula is C12H12FeN2O2-6. The van der Waals surface area contributed by atoms with Crippen molar-refractivity contribution in [2.45, 2.75) is 0 Å². The van der Waals surface area contributed by atoms with Crippen molar-refractivity contribution in [3.05, 3.63) is 59.7 Å². The average Bonchev–Trinajstić information content (AvgIpc) is 2.92. The molecule has 17 heavy (non-hydrogen) atoms. The minimum Gasteiger partial charge on any atom is -0.738 e. The van der Waals surface area contributed by atoms with Gasteiger partial charge in [-0.2, -0.15) is 12.1 Å². The Bertz CT molecular complexity index is 377. The van der Waals surface area contributed by atoms with Crippen LogP contribution in [-0.4, -0.2) is 22.8 Å². The Kier molecular flexibility index (Phi) is 8.37. The first-order valence-corrected chi connectivity index (χ1v) is 4.65. The Labute approximate surface area is 110 Å². The first-order chi connectivity index (χ1) is 7.86. The predicted molar refractivity (Wildman–Crippen MR) is 62.8 cm³/mol. The van der Waals surface area contributed by atoms with E-state index in [0.29, 0.717) is 0 Å². The van der Waals surface area contributed by atoms with E-state index in [1.807, 2.05) is 48.5 Å². The van der Waals surface area contributed by atoms with Gasteiger partial charge in [-0.05, 0) is 0 Å². The Morgan fingerprint density at radius 3 is 1.94 bits per heavy atom. The molecule has 2 aromatic carbocycles. The molecule has 96 valence electrons. The summed E-state index contributed by atoms with van der Waals surface area (Å²) in [6.45, 7) is 0. The van der Waals surface area contributed by atoms with Crippen molar-refractivity contribution < 1.29 is 27.5 Å². The molecule has 0 saturated carbocycles. The van der Waals surface area contributed by atoms with Gasteiger partial charge in [0, 0.05) is 23.3 Å². The summed E-state index contributed by atoms with van der Waals surface area (Å²) in [6.07, 6.45) is 2.78. The molecule has 2 N–H and O–H groups in total. The topological polar surface area (TPSA) is 65.2 Å². The summed E-state index contributed by atoms with van der Waals surface area (Å²) >= 11 is 0. The molecule has 0 spiro atoms. The zero-order chi connectivity index (χ0) is 11.6. The minimum atomic E-state index is 0. The fourth-order valence-corrected chi connectivity index (χ4v) is 1.08.